The van der Waals surface area contributed by atoms with Crippen LogP contribution >= 0.6 is 11.8 Å². The van der Waals surface area contributed by atoms with Gasteiger partial charge in [-0.2, -0.15) is 0 Å². The maximum atomic E-state index is 12.0. The number of carbonyl (C=O) groups excluding carboxylic acids is 3. The summed E-state index contributed by atoms with van der Waals surface area (Å²) in [5, 5.41) is 5.98. The lowest BCUT2D eigenvalue weighted by Crippen LogP contribution is -2.17. The highest BCUT2D eigenvalue weighted by Crippen LogP contribution is 2.28. The first-order valence-electron chi connectivity index (χ1n) is 6.72. The highest BCUT2D eigenvalue weighted by atomic mass is 32.2. The molecule has 1 amide bonds. The molecule has 1 aromatic heterocycles. The highest BCUT2D eigenvalue weighted by molar-refractivity contribution is 8.04. The zero-order valence-electron chi connectivity index (χ0n) is 12.3. The Hall–Kier alpha value is -1.89. The number of nitrogens with one attached hydrogen (secondary N) is 1. The zero-order valence-corrected chi connectivity index (χ0v) is 13.1. The molecular weight excluding hydrogens is 292 g/mol. The quantitative estimate of drug-likeness (QED) is 0.839. The van der Waals surface area contributed by atoms with Crippen molar-refractivity contribution in [2.45, 2.75) is 26.7 Å². The van der Waals surface area contributed by atoms with Crippen LogP contribution in [0.4, 0.5) is 0 Å². The van der Waals surface area contributed by atoms with Gasteiger partial charge in [0.25, 0.3) is 0 Å². The smallest absolute Gasteiger partial charge is 0.225 e. The molecule has 0 aromatic carbocycles. The van der Waals surface area contributed by atoms with Crippen molar-refractivity contribution >= 4 is 29.2 Å². The number of hydrogen-bond acceptors (Lipinski definition) is 6. The van der Waals surface area contributed by atoms with Crippen LogP contribution in [0, 0.1) is 0 Å². The summed E-state index contributed by atoms with van der Waals surface area (Å²) in [6, 6.07) is 0. The second-order valence-electron chi connectivity index (χ2n) is 3.90. The topological polar surface area (TPSA) is 89.3 Å². The summed E-state index contributed by atoms with van der Waals surface area (Å²) in [6.45, 7) is 4.00. The number of fused-ring (bicyclic) bond motifs is 1. The Bertz CT molecular complexity index is 563. The van der Waals surface area contributed by atoms with Crippen molar-refractivity contribution in [3.8, 4) is 0 Å². The van der Waals surface area contributed by atoms with Crippen LogP contribution in [-0.4, -0.2) is 35.4 Å². The molecule has 0 radical (unpaired) electrons. The fourth-order valence-electron chi connectivity index (χ4n) is 1.61. The second-order valence-corrected chi connectivity index (χ2v) is 5.03. The molecule has 21 heavy (non-hydrogen) atoms. The minimum atomic E-state index is -0.346. The predicted molar refractivity (Wildman–Crippen MR) is 80.4 cm³/mol. The molecule has 0 atom stereocenters. The number of nitrogens with zero attached hydrogens (tertiary/aromatic N) is 1. The minimum Gasteiger partial charge on any atom is -0.359 e. The molecule has 1 aromatic rings. The zero-order chi connectivity index (χ0) is 15.8. The molecule has 114 valence electrons. The highest BCUT2D eigenvalue weighted by Gasteiger charge is 2.29. The van der Waals surface area contributed by atoms with Gasteiger partial charge >= 0.3 is 0 Å². The summed E-state index contributed by atoms with van der Waals surface area (Å²) < 4.78 is 4.73. The van der Waals surface area contributed by atoms with Gasteiger partial charge in [0.15, 0.2) is 0 Å². The van der Waals surface area contributed by atoms with Gasteiger partial charge in [0.1, 0.15) is 0 Å². The van der Waals surface area contributed by atoms with Crippen LogP contribution in [0.25, 0.3) is 0 Å². The van der Waals surface area contributed by atoms with Gasteiger partial charge in [0.05, 0.1) is 16.7 Å². The van der Waals surface area contributed by atoms with Crippen molar-refractivity contribution in [3.05, 3.63) is 28.5 Å². The molecule has 0 fully saturated rings. The van der Waals surface area contributed by atoms with Gasteiger partial charge in [-0.05, 0) is 12.2 Å². The number of ketones is 2. The number of hydrogen-bond donors (Lipinski definition) is 1. The molecule has 1 aliphatic carbocycles. The molecule has 2 rings (SSSR count). The van der Waals surface area contributed by atoms with Crippen LogP contribution in [0.15, 0.2) is 21.7 Å². The summed E-state index contributed by atoms with van der Waals surface area (Å²) in [6.07, 6.45) is 3.56. The van der Waals surface area contributed by atoms with E-state index in [1.54, 1.807) is 7.05 Å². The van der Waals surface area contributed by atoms with E-state index in [9.17, 15) is 14.4 Å². The van der Waals surface area contributed by atoms with Crippen LogP contribution in [0.5, 0.6) is 0 Å². The van der Waals surface area contributed by atoms with Crippen molar-refractivity contribution in [2.24, 2.45) is 0 Å². The van der Waals surface area contributed by atoms with Crippen molar-refractivity contribution < 1.29 is 18.9 Å². The maximum absolute atomic E-state index is 12.0. The average Bonchev–Trinajstić information content (AvgIpc) is 3.00. The number of allylic oxidation sites excluding steroid dienone is 2. The normalized spacial score (nSPS) is 13.0. The SMILES string of the molecule is CC.CNC(=O)CCCSC1=CC(=O)c2oncc2C1=O. The van der Waals surface area contributed by atoms with E-state index in [0.29, 0.717) is 23.5 Å². The largest absolute Gasteiger partial charge is 0.359 e. The third kappa shape index (κ3) is 4.29. The standard InChI is InChI=1S/C12H12N2O4S.C2H6/c1-13-10(16)3-2-4-19-9-5-8(15)12-7(11(9)17)6-14-18-12;1-2/h5-6H,2-4H2,1H3,(H,13,16);1-2H3. The Morgan fingerprint density at radius 1 is 1.38 bits per heavy atom. The fraction of sp³-hybridized carbons (Fsp3) is 0.429. The number of aromatic nitrogens is 1. The van der Waals surface area contributed by atoms with Gasteiger partial charge in [-0.15, -0.1) is 11.8 Å². The summed E-state index contributed by atoms with van der Waals surface area (Å²) >= 11 is 1.27. The van der Waals surface area contributed by atoms with Gasteiger partial charge in [0, 0.05) is 19.5 Å². The first-order valence-corrected chi connectivity index (χ1v) is 7.71. The molecule has 0 saturated carbocycles. The van der Waals surface area contributed by atoms with E-state index in [4.69, 9.17) is 4.52 Å². The Kier molecular flexibility index (Phi) is 6.87. The van der Waals surface area contributed by atoms with Crippen molar-refractivity contribution in [2.75, 3.05) is 12.8 Å². The van der Waals surface area contributed by atoms with Gasteiger partial charge in [-0.3, -0.25) is 14.4 Å². The fourth-order valence-corrected chi connectivity index (χ4v) is 2.55. The van der Waals surface area contributed by atoms with Gasteiger partial charge in [0.2, 0.25) is 23.2 Å². The molecule has 0 bridgehead atoms. The van der Waals surface area contributed by atoms with E-state index in [1.165, 1.54) is 24.0 Å². The molecule has 1 heterocycles. The third-order valence-corrected chi connectivity index (χ3v) is 3.72. The number of thioether (sulfide) groups is 1. The lowest BCUT2D eigenvalue weighted by molar-refractivity contribution is -0.120. The molecule has 0 unspecified atom stereocenters. The molecule has 6 nitrogen and oxygen atoms in total. The van der Waals surface area contributed by atoms with E-state index in [-0.39, 0.29) is 28.8 Å². The number of rotatable bonds is 5. The average molecular weight is 310 g/mol. The molecule has 0 spiro atoms. The molecule has 0 aliphatic heterocycles. The second kappa shape index (κ2) is 8.41. The Labute approximate surface area is 127 Å². The molecule has 1 N–H and O–H groups in total. The number of Topliss-reactive ketones (excluding diaryl/α,β-unsaturated/α-hetero) is 1. The summed E-state index contributed by atoms with van der Waals surface area (Å²) in [5.74, 6) is -0.0397. The molecule has 1 aliphatic rings. The monoisotopic (exact) mass is 310 g/mol. The maximum Gasteiger partial charge on any atom is 0.225 e. The van der Waals surface area contributed by atoms with Crippen molar-refractivity contribution in [1.29, 1.82) is 0 Å². The van der Waals surface area contributed by atoms with Gasteiger partial charge in [-0.25, -0.2) is 0 Å². The Balaban J connectivity index is 0.00000106. The van der Waals surface area contributed by atoms with E-state index >= 15 is 0 Å². The third-order valence-electron chi connectivity index (χ3n) is 2.61. The van der Waals surface area contributed by atoms with Gasteiger partial charge < -0.3 is 9.84 Å². The van der Waals surface area contributed by atoms with Gasteiger partial charge in [-0.1, -0.05) is 19.0 Å². The lowest BCUT2D eigenvalue weighted by Gasteiger charge is -2.09. The van der Waals surface area contributed by atoms with E-state index in [1.807, 2.05) is 13.8 Å². The van der Waals surface area contributed by atoms with Crippen LogP contribution in [0.1, 0.15) is 47.6 Å². The van der Waals surface area contributed by atoms with Crippen LogP contribution < -0.4 is 5.32 Å². The predicted octanol–water partition coefficient (Wildman–Crippen LogP) is 2.22. The lowest BCUT2D eigenvalue weighted by atomic mass is 10.0. The minimum absolute atomic E-state index is 0.000268. The number of amides is 1. The summed E-state index contributed by atoms with van der Waals surface area (Å²) in [7, 11) is 1.58. The van der Waals surface area contributed by atoms with Crippen molar-refractivity contribution in [1.82, 2.24) is 10.5 Å². The molecule has 7 heteroatoms. The van der Waals surface area contributed by atoms with Crippen LogP contribution in [0.2, 0.25) is 0 Å². The Morgan fingerprint density at radius 3 is 2.76 bits per heavy atom. The summed E-state index contributed by atoms with van der Waals surface area (Å²) in [4.78, 5) is 35.0. The number of carbonyl (C=O) groups is 3. The first-order chi connectivity index (χ1) is 10.1. The summed E-state index contributed by atoms with van der Waals surface area (Å²) in [5.41, 5.74) is 0.210. The van der Waals surface area contributed by atoms with E-state index in [2.05, 4.69) is 10.5 Å². The molecular formula is C14H18N2O4S. The van der Waals surface area contributed by atoms with Crippen molar-refractivity contribution in [3.63, 3.8) is 0 Å². The first kappa shape index (κ1) is 17.2. The van der Waals surface area contributed by atoms with E-state index in [0.717, 1.165) is 0 Å². The van der Waals surface area contributed by atoms with Crippen LogP contribution in [-0.2, 0) is 4.79 Å². The van der Waals surface area contributed by atoms with E-state index < -0.39 is 0 Å². The molecule has 0 saturated heterocycles. The van der Waals surface area contributed by atoms with Crippen LogP contribution in [0.3, 0.4) is 0 Å². The Morgan fingerprint density at radius 2 is 2.10 bits per heavy atom.